The Bertz CT molecular complexity index is 946. The summed E-state index contributed by atoms with van der Waals surface area (Å²) in [5, 5.41) is 4.98. The molecule has 5 nitrogen and oxygen atoms in total. The van der Waals surface area contributed by atoms with E-state index in [1.807, 2.05) is 60.1 Å². The molecule has 0 spiro atoms. The van der Waals surface area contributed by atoms with E-state index in [2.05, 4.69) is 29.0 Å². The van der Waals surface area contributed by atoms with Crippen molar-refractivity contribution in [3.8, 4) is 11.1 Å². The van der Waals surface area contributed by atoms with Crippen molar-refractivity contribution in [1.82, 2.24) is 10.3 Å². The van der Waals surface area contributed by atoms with Crippen LogP contribution < -0.4 is 10.2 Å². The number of hydrogen-bond acceptors (Lipinski definition) is 5. The zero-order chi connectivity index (χ0) is 20.2. The second-order valence-electron chi connectivity index (χ2n) is 7.40. The molecule has 2 unspecified atom stereocenters. The summed E-state index contributed by atoms with van der Waals surface area (Å²) in [5.74, 6) is 0.894. The molecule has 3 heterocycles. The Morgan fingerprint density at radius 2 is 1.90 bits per heavy atom. The number of thiophene rings is 1. The molecule has 1 aromatic carbocycles. The molecule has 1 amide bonds. The third kappa shape index (κ3) is 4.66. The van der Waals surface area contributed by atoms with E-state index in [9.17, 15) is 4.79 Å². The summed E-state index contributed by atoms with van der Waals surface area (Å²) >= 11 is 1.46. The van der Waals surface area contributed by atoms with E-state index >= 15 is 0 Å². The van der Waals surface area contributed by atoms with E-state index in [0.717, 1.165) is 40.5 Å². The van der Waals surface area contributed by atoms with Crippen LogP contribution in [-0.2, 0) is 11.3 Å². The highest BCUT2D eigenvalue weighted by atomic mass is 32.1. The first-order valence-corrected chi connectivity index (χ1v) is 10.7. The summed E-state index contributed by atoms with van der Waals surface area (Å²) in [7, 11) is 0. The molecule has 2 aromatic heterocycles. The fourth-order valence-corrected chi connectivity index (χ4v) is 4.50. The number of carbonyl (C=O) groups excluding carboxylic acids is 1. The summed E-state index contributed by atoms with van der Waals surface area (Å²) in [5.41, 5.74) is 3.00. The second-order valence-corrected chi connectivity index (χ2v) is 8.32. The molecule has 1 N–H and O–H groups in total. The van der Waals surface area contributed by atoms with Gasteiger partial charge in [0.05, 0.1) is 17.1 Å². The van der Waals surface area contributed by atoms with Crippen LogP contribution in [0.2, 0.25) is 0 Å². The lowest BCUT2D eigenvalue weighted by atomic mass is 10.1. The first kappa shape index (κ1) is 19.6. The summed E-state index contributed by atoms with van der Waals surface area (Å²) in [4.78, 5) is 20.3. The van der Waals surface area contributed by atoms with Gasteiger partial charge in [-0.25, -0.2) is 4.98 Å². The Balaban J connectivity index is 1.39. The highest BCUT2D eigenvalue weighted by Crippen LogP contribution is 2.28. The maximum absolute atomic E-state index is 12.7. The monoisotopic (exact) mass is 407 g/mol. The molecule has 150 valence electrons. The van der Waals surface area contributed by atoms with Gasteiger partial charge in [-0.2, -0.15) is 0 Å². The molecule has 6 heteroatoms. The van der Waals surface area contributed by atoms with Gasteiger partial charge < -0.3 is 15.0 Å². The summed E-state index contributed by atoms with van der Waals surface area (Å²) in [6, 6.07) is 16.0. The van der Waals surface area contributed by atoms with E-state index in [0.29, 0.717) is 6.54 Å². The molecule has 1 saturated heterocycles. The highest BCUT2D eigenvalue weighted by molar-refractivity contribution is 7.12. The van der Waals surface area contributed by atoms with Gasteiger partial charge in [-0.1, -0.05) is 36.4 Å². The van der Waals surface area contributed by atoms with Crippen LogP contribution in [0.5, 0.6) is 0 Å². The highest BCUT2D eigenvalue weighted by Gasteiger charge is 2.23. The van der Waals surface area contributed by atoms with Crippen molar-refractivity contribution in [2.24, 2.45) is 0 Å². The minimum Gasteiger partial charge on any atom is -0.372 e. The number of pyridine rings is 1. The first-order chi connectivity index (χ1) is 14.1. The van der Waals surface area contributed by atoms with Gasteiger partial charge in [-0.05, 0) is 42.5 Å². The van der Waals surface area contributed by atoms with Gasteiger partial charge in [0.25, 0.3) is 5.91 Å². The number of hydrogen-bond donors (Lipinski definition) is 1. The molecule has 0 radical (unpaired) electrons. The Morgan fingerprint density at radius 3 is 2.59 bits per heavy atom. The molecule has 1 fully saturated rings. The van der Waals surface area contributed by atoms with Crippen LogP contribution in [0.4, 0.5) is 5.82 Å². The minimum atomic E-state index is -0.0567. The van der Waals surface area contributed by atoms with Gasteiger partial charge in [0.1, 0.15) is 5.82 Å². The SMILES string of the molecule is CC1CN(c2ccc(CNC(=O)c3sccc3-c3ccccc3)cn2)CC(C)O1. The normalized spacial score (nSPS) is 19.2. The lowest BCUT2D eigenvalue weighted by molar-refractivity contribution is -0.00546. The zero-order valence-corrected chi connectivity index (χ0v) is 17.5. The predicted octanol–water partition coefficient (Wildman–Crippen LogP) is 4.35. The quantitative estimate of drug-likeness (QED) is 0.683. The Labute approximate surface area is 175 Å². The molecule has 29 heavy (non-hydrogen) atoms. The van der Waals surface area contributed by atoms with Gasteiger partial charge in [0, 0.05) is 31.4 Å². The molecular formula is C23H25N3O2S. The van der Waals surface area contributed by atoms with Crippen LogP contribution in [0.3, 0.4) is 0 Å². The lowest BCUT2D eigenvalue weighted by Crippen LogP contribution is -2.45. The summed E-state index contributed by atoms with van der Waals surface area (Å²) in [6.07, 6.45) is 2.24. The van der Waals surface area contributed by atoms with E-state index in [-0.39, 0.29) is 18.1 Å². The Kier molecular flexibility index (Phi) is 5.92. The Morgan fingerprint density at radius 1 is 1.14 bits per heavy atom. The predicted molar refractivity (Wildman–Crippen MR) is 117 cm³/mol. The fraction of sp³-hybridized carbons (Fsp3) is 0.304. The number of nitrogens with zero attached hydrogens (tertiary/aromatic N) is 2. The minimum absolute atomic E-state index is 0.0567. The fourth-order valence-electron chi connectivity index (χ4n) is 3.67. The number of benzene rings is 1. The first-order valence-electron chi connectivity index (χ1n) is 9.86. The van der Waals surface area contributed by atoms with Crippen molar-refractivity contribution < 1.29 is 9.53 Å². The van der Waals surface area contributed by atoms with Crippen LogP contribution in [0.15, 0.2) is 60.1 Å². The largest absolute Gasteiger partial charge is 0.372 e. The number of morpholine rings is 1. The van der Waals surface area contributed by atoms with Crippen molar-refractivity contribution in [3.05, 3.63) is 70.5 Å². The molecule has 4 rings (SSSR count). The number of rotatable bonds is 5. The van der Waals surface area contributed by atoms with Gasteiger partial charge in [-0.15, -0.1) is 11.3 Å². The van der Waals surface area contributed by atoms with Crippen molar-refractivity contribution in [2.75, 3.05) is 18.0 Å². The van der Waals surface area contributed by atoms with Crippen LogP contribution in [-0.4, -0.2) is 36.2 Å². The number of anilines is 1. The third-order valence-electron chi connectivity index (χ3n) is 4.96. The van der Waals surface area contributed by atoms with Crippen LogP contribution >= 0.6 is 11.3 Å². The molecule has 1 aliphatic heterocycles. The second kappa shape index (κ2) is 8.76. The Hall–Kier alpha value is -2.70. The molecule has 3 aromatic rings. The molecule has 1 aliphatic rings. The van der Waals surface area contributed by atoms with Crippen LogP contribution in [0.25, 0.3) is 11.1 Å². The van der Waals surface area contributed by atoms with Crippen molar-refractivity contribution >= 4 is 23.1 Å². The number of carbonyl (C=O) groups is 1. The molecular weight excluding hydrogens is 382 g/mol. The maximum atomic E-state index is 12.7. The topological polar surface area (TPSA) is 54.5 Å². The lowest BCUT2D eigenvalue weighted by Gasteiger charge is -2.36. The van der Waals surface area contributed by atoms with Gasteiger partial charge in [0.2, 0.25) is 0 Å². The van der Waals surface area contributed by atoms with Gasteiger partial charge in [0.15, 0.2) is 0 Å². The summed E-state index contributed by atoms with van der Waals surface area (Å²) in [6.45, 7) is 6.30. The number of aromatic nitrogens is 1. The number of ether oxygens (including phenoxy) is 1. The average Bonchev–Trinajstić information content (AvgIpc) is 3.22. The smallest absolute Gasteiger partial charge is 0.262 e. The van der Waals surface area contributed by atoms with Crippen LogP contribution in [0.1, 0.15) is 29.1 Å². The van der Waals surface area contributed by atoms with E-state index in [1.54, 1.807) is 0 Å². The van der Waals surface area contributed by atoms with Gasteiger partial charge in [-0.3, -0.25) is 4.79 Å². The van der Waals surface area contributed by atoms with E-state index in [1.165, 1.54) is 11.3 Å². The third-order valence-corrected chi connectivity index (χ3v) is 5.88. The average molecular weight is 408 g/mol. The van der Waals surface area contributed by atoms with Crippen molar-refractivity contribution in [2.45, 2.75) is 32.6 Å². The molecule has 0 bridgehead atoms. The molecule has 0 aliphatic carbocycles. The molecule has 2 atom stereocenters. The van der Waals surface area contributed by atoms with Crippen molar-refractivity contribution in [1.29, 1.82) is 0 Å². The standard InChI is InChI=1S/C23H25N3O2S/c1-16-14-26(15-17(2)28-16)21-9-8-18(12-24-21)13-25-23(27)22-20(10-11-29-22)19-6-4-3-5-7-19/h3-12,16-17H,13-15H2,1-2H3,(H,25,27). The number of nitrogens with one attached hydrogen (secondary N) is 1. The van der Waals surface area contributed by atoms with Crippen LogP contribution in [0, 0.1) is 0 Å². The van der Waals surface area contributed by atoms with E-state index < -0.39 is 0 Å². The summed E-state index contributed by atoms with van der Waals surface area (Å²) < 4.78 is 5.79. The van der Waals surface area contributed by atoms with E-state index in [4.69, 9.17) is 4.74 Å². The maximum Gasteiger partial charge on any atom is 0.262 e. The zero-order valence-electron chi connectivity index (χ0n) is 16.7. The number of amides is 1. The van der Waals surface area contributed by atoms with Crippen molar-refractivity contribution in [3.63, 3.8) is 0 Å². The molecule has 0 saturated carbocycles. The van der Waals surface area contributed by atoms with Gasteiger partial charge >= 0.3 is 0 Å².